The number of hydrogen-bond donors (Lipinski definition) is 0. The Morgan fingerprint density at radius 1 is 1.26 bits per heavy atom. The highest BCUT2D eigenvalue weighted by molar-refractivity contribution is 9.10. The number of ether oxygens (including phenoxy) is 1. The summed E-state index contributed by atoms with van der Waals surface area (Å²) in [7, 11) is 0. The molecule has 2 aliphatic rings. The van der Waals surface area contributed by atoms with E-state index in [2.05, 4.69) is 38.2 Å². The van der Waals surface area contributed by atoms with Gasteiger partial charge in [-0.25, -0.2) is 9.50 Å². The van der Waals surface area contributed by atoms with Crippen molar-refractivity contribution in [3.8, 4) is 0 Å². The van der Waals surface area contributed by atoms with Crippen molar-refractivity contribution >= 4 is 27.3 Å². The normalized spacial score (nSPS) is 20.2. The lowest BCUT2D eigenvalue weighted by Crippen LogP contribution is -2.36. The number of fused-ring (bicyclic) bond motifs is 1. The van der Waals surface area contributed by atoms with Crippen LogP contribution in [0.15, 0.2) is 16.9 Å². The van der Waals surface area contributed by atoms with Gasteiger partial charge < -0.3 is 9.64 Å². The summed E-state index contributed by atoms with van der Waals surface area (Å²) in [6.45, 7) is 3.39. The monoisotopic (exact) mass is 322 g/mol. The van der Waals surface area contributed by atoms with Crippen molar-refractivity contribution < 1.29 is 4.74 Å². The highest BCUT2D eigenvalue weighted by Crippen LogP contribution is 2.40. The van der Waals surface area contributed by atoms with Gasteiger partial charge in [0.2, 0.25) is 0 Å². The first-order valence-electron chi connectivity index (χ1n) is 6.70. The van der Waals surface area contributed by atoms with Crippen LogP contribution in [0.3, 0.4) is 0 Å². The fourth-order valence-corrected chi connectivity index (χ4v) is 2.95. The molecule has 1 aliphatic heterocycles. The van der Waals surface area contributed by atoms with Crippen molar-refractivity contribution in [2.24, 2.45) is 0 Å². The lowest BCUT2D eigenvalue weighted by atomic mass is 10.3. The Hall–Kier alpha value is -1.14. The third-order valence-corrected chi connectivity index (χ3v) is 4.13. The summed E-state index contributed by atoms with van der Waals surface area (Å²) in [5.74, 6) is 0.651. The van der Waals surface area contributed by atoms with Gasteiger partial charge in [0.15, 0.2) is 5.65 Å². The summed E-state index contributed by atoms with van der Waals surface area (Å²) in [4.78, 5) is 7.12. The number of halogens is 1. The molecule has 100 valence electrons. The molecule has 4 rings (SSSR count). The summed E-state index contributed by atoms with van der Waals surface area (Å²) in [5.41, 5.74) is 3.30. The number of rotatable bonds is 2. The van der Waals surface area contributed by atoms with Crippen molar-refractivity contribution in [2.75, 3.05) is 31.2 Å². The van der Waals surface area contributed by atoms with Crippen molar-refractivity contribution in [1.82, 2.24) is 14.6 Å². The van der Waals surface area contributed by atoms with Gasteiger partial charge >= 0.3 is 0 Å². The maximum Gasteiger partial charge on any atom is 0.177 e. The predicted octanol–water partition coefficient (Wildman–Crippen LogP) is 2.21. The van der Waals surface area contributed by atoms with E-state index in [1.165, 1.54) is 18.5 Å². The Labute approximate surface area is 119 Å². The fraction of sp³-hybridized carbons (Fsp3) is 0.538. The summed E-state index contributed by atoms with van der Waals surface area (Å²) < 4.78 is 8.17. The topological polar surface area (TPSA) is 42.7 Å². The summed E-state index contributed by atoms with van der Waals surface area (Å²) in [6.07, 6.45) is 4.59. The van der Waals surface area contributed by atoms with E-state index in [4.69, 9.17) is 9.72 Å². The molecular formula is C13H15BrN4O. The molecule has 2 fully saturated rings. The predicted molar refractivity (Wildman–Crippen MR) is 75.7 cm³/mol. The molecule has 0 N–H and O–H groups in total. The molecule has 0 unspecified atom stereocenters. The van der Waals surface area contributed by atoms with Gasteiger partial charge in [0, 0.05) is 19.0 Å². The highest BCUT2D eigenvalue weighted by Gasteiger charge is 2.27. The SMILES string of the molecule is Brc1cc(N2CCOCC2)c2nc(C3CC3)cn2n1. The van der Waals surface area contributed by atoms with Crippen LogP contribution < -0.4 is 4.90 Å². The van der Waals surface area contributed by atoms with E-state index in [0.29, 0.717) is 5.92 Å². The van der Waals surface area contributed by atoms with E-state index in [1.807, 2.05) is 4.52 Å². The Balaban J connectivity index is 1.82. The van der Waals surface area contributed by atoms with Gasteiger partial charge in [0.1, 0.15) is 4.60 Å². The second-order valence-electron chi connectivity index (χ2n) is 5.16. The molecule has 0 bridgehead atoms. The number of aromatic nitrogens is 3. The molecule has 1 saturated heterocycles. The maximum atomic E-state index is 5.42. The van der Waals surface area contributed by atoms with Crippen LogP contribution in [-0.4, -0.2) is 40.9 Å². The largest absolute Gasteiger partial charge is 0.378 e. The van der Waals surface area contributed by atoms with Gasteiger partial charge in [0.05, 0.1) is 30.8 Å². The minimum atomic E-state index is 0.651. The van der Waals surface area contributed by atoms with Crippen LogP contribution in [0, 0.1) is 0 Å². The van der Waals surface area contributed by atoms with Gasteiger partial charge in [-0.05, 0) is 34.8 Å². The molecule has 1 aliphatic carbocycles. The second kappa shape index (κ2) is 4.45. The molecule has 5 nitrogen and oxygen atoms in total. The molecule has 6 heteroatoms. The Morgan fingerprint density at radius 3 is 2.79 bits per heavy atom. The van der Waals surface area contributed by atoms with Crippen LogP contribution in [0.5, 0.6) is 0 Å². The first kappa shape index (κ1) is 11.7. The third kappa shape index (κ3) is 2.12. The first-order chi connectivity index (χ1) is 9.31. The van der Waals surface area contributed by atoms with Crippen LogP contribution in [0.4, 0.5) is 5.69 Å². The lowest BCUT2D eigenvalue weighted by molar-refractivity contribution is 0.123. The molecule has 19 heavy (non-hydrogen) atoms. The van der Waals surface area contributed by atoms with Crippen molar-refractivity contribution in [1.29, 1.82) is 0 Å². The van der Waals surface area contributed by atoms with Gasteiger partial charge in [-0.2, -0.15) is 5.10 Å². The fourth-order valence-electron chi connectivity index (χ4n) is 2.56. The van der Waals surface area contributed by atoms with Crippen molar-refractivity contribution in [3.05, 3.63) is 22.6 Å². The standard InChI is InChI=1S/C13H15BrN4O/c14-12-7-11(17-3-5-19-6-4-17)13-15-10(9-1-2-9)8-18(13)16-12/h7-9H,1-6H2. The van der Waals surface area contributed by atoms with E-state index in [-0.39, 0.29) is 0 Å². The minimum Gasteiger partial charge on any atom is -0.378 e. The number of imidazole rings is 1. The van der Waals surface area contributed by atoms with Crippen LogP contribution in [-0.2, 0) is 4.74 Å². The zero-order valence-corrected chi connectivity index (χ0v) is 12.1. The van der Waals surface area contributed by atoms with Crippen LogP contribution >= 0.6 is 15.9 Å². The van der Waals surface area contributed by atoms with Crippen molar-refractivity contribution in [2.45, 2.75) is 18.8 Å². The van der Waals surface area contributed by atoms with E-state index in [9.17, 15) is 0 Å². The molecular weight excluding hydrogens is 308 g/mol. The Bertz CT molecular complexity index is 616. The Morgan fingerprint density at radius 2 is 2.05 bits per heavy atom. The van der Waals surface area contributed by atoms with Crippen LogP contribution in [0.25, 0.3) is 5.65 Å². The molecule has 0 spiro atoms. The average Bonchev–Trinajstić information content (AvgIpc) is 3.19. The second-order valence-corrected chi connectivity index (χ2v) is 5.97. The molecule has 2 aromatic heterocycles. The van der Waals surface area contributed by atoms with Crippen molar-refractivity contribution in [3.63, 3.8) is 0 Å². The van der Waals surface area contributed by atoms with E-state index < -0.39 is 0 Å². The molecule has 3 heterocycles. The number of morpholine rings is 1. The molecule has 1 saturated carbocycles. The summed E-state index contributed by atoms with van der Waals surface area (Å²) >= 11 is 3.49. The van der Waals surface area contributed by atoms with Gasteiger partial charge in [-0.3, -0.25) is 0 Å². The van der Waals surface area contributed by atoms with Crippen LogP contribution in [0.2, 0.25) is 0 Å². The summed E-state index contributed by atoms with van der Waals surface area (Å²) in [6, 6.07) is 2.06. The molecule has 2 aromatic rings. The Kier molecular flexibility index (Phi) is 2.73. The van der Waals surface area contributed by atoms with E-state index in [0.717, 1.165) is 42.2 Å². The van der Waals surface area contributed by atoms with Gasteiger partial charge in [-0.15, -0.1) is 0 Å². The number of nitrogens with zero attached hydrogens (tertiary/aromatic N) is 4. The minimum absolute atomic E-state index is 0.651. The highest BCUT2D eigenvalue weighted by atomic mass is 79.9. The average molecular weight is 323 g/mol. The molecule has 0 atom stereocenters. The molecule has 0 radical (unpaired) electrons. The number of anilines is 1. The third-order valence-electron chi connectivity index (χ3n) is 3.74. The first-order valence-corrected chi connectivity index (χ1v) is 7.49. The zero-order valence-electron chi connectivity index (χ0n) is 10.5. The van der Waals surface area contributed by atoms with Gasteiger partial charge in [0.25, 0.3) is 0 Å². The summed E-state index contributed by atoms with van der Waals surface area (Å²) in [5, 5.41) is 4.47. The molecule has 0 amide bonds. The molecule has 0 aromatic carbocycles. The van der Waals surface area contributed by atoms with Gasteiger partial charge in [-0.1, -0.05) is 0 Å². The smallest absolute Gasteiger partial charge is 0.177 e. The maximum absolute atomic E-state index is 5.42. The zero-order chi connectivity index (χ0) is 12.8. The van der Waals surface area contributed by atoms with E-state index >= 15 is 0 Å². The van der Waals surface area contributed by atoms with E-state index in [1.54, 1.807) is 0 Å². The lowest BCUT2D eigenvalue weighted by Gasteiger charge is -2.28. The number of hydrogen-bond acceptors (Lipinski definition) is 4. The quantitative estimate of drug-likeness (QED) is 0.850. The van der Waals surface area contributed by atoms with Crippen LogP contribution in [0.1, 0.15) is 24.5 Å².